The van der Waals surface area contributed by atoms with E-state index >= 15 is 0 Å². The second-order valence-corrected chi connectivity index (χ2v) is 9.31. The van der Waals surface area contributed by atoms with Crippen LogP contribution in [0.1, 0.15) is 119 Å². The normalized spacial score (nSPS) is 25.0. The molecule has 1 unspecified atom stereocenters. The van der Waals surface area contributed by atoms with E-state index in [1.807, 2.05) is 6.92 Å². The maximum absolute atomic E-state index is 13.4. The summed E-state index contributed by atoms with van der Waals surface area (Å²) >= 11 is 0. The van der Waals surface area contributed by atoms with Gasteiger partial charge in [-0.15, -0.1) is 0 Å². The first-order valence-electron chi connectivity index (χ1n) is 12.3. The summed E-state index contributed by atoms with van der Waals surface area (Å²) < 4.78 is 0. The second-order valence-electron chi connectivity index (χ2n) is 9.31. The molecule has 0 N–H and O–H groups in total. The lowest BCUT2D eigenvalue weighted by Crippen LogP contribution is -2.61. The first kappa shape index (κ1) is 26.7. The molecule has 0 spiro atoms. The molecule has 1 atom stereocenters. The molecular formula is C26H44O4. The molecule has 2 aliphatic carbocycles. The third-order valence-corrected chi connectivity index (χ3v) is 8.71. The standard InChI is InChI=1S/C18H32O2.C8H12O2/c1-7-16(8-2)13-14(19)17(9-3,10-4)18(11-5,12-6)15(16)20;1-2-6-5-7(9)3-4-8(6)10/h7-13H2,1-6H3;6H,2-5H2,1H3. The Bertz CT molecular complexity index is 633. The van der Waals surface area contributed by atoms with Crippen LogP contribution in [0.15, 0.2) is 0 Å². The highest BCUT2D eigenvalue weighted by molar-refractivity contribution is 6.05. The Balaban J connectivity index is 0.000000375. The molecule has 0 radical (unpaired) electrons. The van der Waals surface area contributed by atoms with Gasteiger partial charge in [-0.05, 0) is 44.9 Å². The molecule has 30 heavy (non-hydrogen) atoms. The Morgan fingerprint density at radius 2 is 1.20 bits per heavy atom. The Kier molecular flexibility index (Phi) is 9.63. The van der Waals surface area contributed by atoms with Crippen LogP contribution in [-0.2, 0) is 19.2 Å². The van der Waals surface area contributed by atoms with E-state index in [4.69, 9.17) is 0 Å². The van der Waals surface area contributed by atoms with Crippen LogP contribution < -0.4 is 0 Å². The van der Waals surface area contributed by atoms with Crippen molar-refractivity contribution in [3.8, 4) is 0 Å². The summed E-state index contributed by atoms with van der Waals surface area (Å²) in [4.78, 5) is 48.3. The van der Waals surface area contributed by atoms with Gasteiger partial charge in [-0.3, -0.25) is 19.2 Å². The summed E-state index contributed by atoms with van der Waals surface area (Å²) in [6, 6.07) is 0. The average molecular weight is 421 g/mol. The molecule has 2 fully saturated rings. The smallest absolute Gasteiger partial charge is 0.146 e. The third-order valence-electron chi connectivity index (χ3n) is 8.71. The highest BCUT2D eigenvalue weighted by atomic mass is 16.2. The largest absolute Gasteiger partial charge is 0.300 e. The molecule has 0 bridgehead atoms. The van der Waals surface area contributed by atoms with Crippen LogP contribution in [0.25, 0.3) is 0 Å². The molecule has 4 heteroatoms. The van der Waals surface area contributed by atoms with E-state index in [0.29, 0.717) is 37.2 Å². The van der Waals surface area contributed by atoms with E-state index in [1.54, 1.807) is 0 Å². The average Bonchev–Trinajstić information content (AvgIpc) is 2.77. The number of carbonyl (C=O) groups excluding carboxylic acids is 4. The molecule has 2 aliphatic rings. The van der Waals surface area contributed by atoms with Crippen molar-refractivity contribution in [1.29, 1.82) is 0 Å². The van der Waals surface area contributed by atoms with Gasteiger partial charge in [0.1, 0.15) is 23.1 Å². The van der Waals surface area contributed by atoms with Crippen molar-refractivity contribution >= 4 is 23.1 Å². The number of Topliss-reactive ketones (excluding diaryl/α,β-unsaturated/α-hetero) is 4. The second kappa shape index (κ2) is 10.8. The van der Waals surface area contributed by atoms with E-state index in [0.717, 1.165) is 44.9 Å². The fraction of sp³-hybridized carbons (Fsp3) is 0.846. The zero-order valence-electron chi connectivity index (χ0n) is 20.5. The summed E-state index contributed by atoms with van der Waals surface area (Å²) in [7, 11) is 0. The molecule has 0 saturated heterocycles. The van der Waals surface area contributed by atoms with Crippen molar-refractivity contribution in [2.75, 3.05) is 0 Å². The van der Waals surface area contributed by atoms with Crippen molar-refractivity contribution in [2.45, 2.75) is 119 Å². The van der Waals surface area contributed by atoms with Crippen LogP contribution >= 0.6 is 0 Å². The lowest BCUT2D eigenvalue weighted by atomic mass is 9.44. The van der Waals surface area contributed by atoms with E-state index in [1.165, 1.54) is 0 Å². The Labute approximate surface area is 184 Å². The third kappa shape index (κ3) is 4.34. The minimum atomic E-state index is -0.447. The van der Waals surface area contributed by atoms with E-state index < -0.39 is 16.2 Å². The first-order chi connectivity index (χ1) is 14.1. The molecule has 0 aromatic carbocycles. The number of hydrogen-bond donors (Lipinski definition) is 0. The van der Waals surface area contributed by atoms with Gasteiger partial charge in [-0.1, -0.05) is 48.5 Å². The van der Waals surface area contributed by atoms with Gasteiger partial charge >= 0.3 is 0 Å². The SMILES string of the molecule is CCC1(CC)CC(=O)C(CC)(CC)C(CC)(CC)C1=O.CCC1CC(=O)CCC1=O. The molecule has 172 valence electrons. The molecule has 0 aromatic rings. The van der Waals surface area contributed by atoms with Gasteiger partial charge in [-0.2, -0.15) is 0 Å². The monoisotopic (exact) mass is 420 g/mol. The van der Waals surface area contributed by atoms with Crippen LogP contribution in [-0.4, -0.2) is 23.1 Å². The predicted molar refractivity (Wildman–Crippen MR) is 121 cm³/mol. The number of rotatable bonds is 7. The van der Waals surface area contributed by atoms with E-state index in [2.05, 4.69) is 41.5 Å². The van der Waals surface area contributed by atoms with Gasteiger partial charge in [0.05, 0.1) is 0 Å². The van der Waals surface area contributed by atoms with Gasteiger partial charge in [-0.25, -0.2) is 0 Å². The summed E-state index contributed by atoms with van der Waals surface area (Å²) in [5.74, 6) is 1.30. The molecule has 4 nitrogen and oxygen atoms in total. The molecule has 2 rings (SSSR count). The zero-order valence-corrected chi connectivity index (χ0v) is 20.5. The van der Waals surface area contributed by atoms with Crippen molar-refractivity contribution in [1.82, 2.24) is 0 Å². The number of hydrogen-bond acceptors (Lipinski definition) is 4. The molecule has 0 amide bonds. The first-order valence-corrected chi connectivity index (χ1v) is 12.3. The quantitative estimate of drug-likeness (QED) is 0.486. The lowest BCUT2D eigenvalue weighted by Gasteiger charge is -2.56. The maximum atomic E-state index is 13.4. The fourth-order valence-electron chi connectivity index (χ4n) is 6.27. The summed E-state index contributed by atoms with van der Waals surface area (Å²) in [5, 5.41) is 0. The van der Waals surface area contributed by atoms with Crippen molar-refractivity contribution in [2.24, 2.45) is 22.2 Å². The van der Waals surface area contributed by atoms with E-state index in [-0.39, 0.29) is 17.5 Å². The van der Waals surface area contributed by atoms with Crippen molar-refractivity contribution < 1.29 is 19.2 Å². The van der Waals surface area contributed by atoms with Crippen LogP contribution in [0, 0.1) is 22.2 Å². The number of ketones is 4. The zero-order chi connectivity index (χ0) is 23.2. The lowest BCUT2D eigenvalue weighted by molar-refractivity contribution is -0.171. The summed E-state index contributed by atoms with van der Waals surface area (Å²) in [6.07, 6.45) is 7.49. The minimum absolute atomic E-state index is 0.0428. The van der Waals surface area contributed by atoms with Crippen LogP contribution in [0.4, 0.5) is 0 Å². The van der Waals surface area contributed by atoms with Crippen LogP contribution in [0.2, 0.25) is 0 Å². The Morgan fingerprint density at radius 3 is 1.57 bits per heavy atom. The predicted octanol–water partition coefficient (Wildman–Crippen LogP) is 6.28. The Hall–Kier alpha value is -1.32. The Morgan fingerprint density at radius 1 is 0.700 bits per heavy atom. The van der Waals surface area contributed by atoms with Gasteiger partial charge in [0, 0.05) is 47.8 Å². The van der Waals surface area contributed by atoms with Gasteiger partial charge in [0.15, 0.2) is 0 Å². The maximum Gasteiger partial charge on any atom is 0.146 e. The summed E-state index contributed by atoms with van der Waals surface area (Å²) in [5.41, 5.74) is -1.28. The van der Waals surface area contributed by atoms with Gasteiger partial charge in [0.25, 0.3) is 0 Å². The number of carbonyl (C=O) groups is 4. The van der Waals surface area contributed by atoms with Gasteiger partial charge < -0.3 is 0 Å². The summed E-state index contributed by atoms with van der Waals surface area (Å²) in [6.45, 7) is 14.4. The fourth-order valence-corrected chi connectivity index (χ4v) is 6.27. The topological polar surface area (TPSA) is 68.3 Å². The minimum Gasteiger partial charge on any atom is -0.300 e. The van der Waals surface area contributed by atoms with Crippen molar-refractivity contribution in [3.63, 3.8) is 0 Å². The van der Waals surface area contributed by atoms with E-state index in [9.17, 15) is 19.2 Å². The molecule has 0 heterocycles. The molecule has 2 saturated carbocycles. The molecule has 0 aliphatic heterocycles. The van der Waals surface area contributed by atoms with Crippen LogP contribution in [0.3, 0.4) is 0 Å². The molecular weight excluding hydrogens is 376 g/mol. The molecule has 0 aromatic heterocycles. The van der Waals surface area contributed by atoms with Crippen molar-refractivity contribution in [3.05, 3.63) is 0 Å². The van der Waals surface area contributed by atoms with Gasteiger partial charge in [0.2, 0.25) is 0 Å². The highest BCUT2D eigenvalue weighted by Crippen LogP contribution is 2.60. The van der Waals surface area contributed by atoms with Crippen LogP contribution in [0.5, 0.6) is 0 Å². The highest BCUT2D eigenvalue weighted by Gasteiger charge is 2.64.